The summed E-state index contributed by atoms with van der Waals surface area (Å²) in [7, 11) is -2.66. The maximum atomic E-state index is 12.7. The molecule has 2 aromatic rings. The van der Waals surface area contributed by atoms with E-state index in [1.54, 1.807) is 0 Å². The number of nitrogens with one attached hydrogen (secondary N) is 2. The quantitative estimate of drug-likeness (QED) is 0.357. The zero-order valence-corrected chi connectivity index (χ0v) is 18.3. The molecule has 0 atom stereocenters. The van der Waals surface area contributed by atoms with E-state index in [4.69, 9.17) is 0 Å². The molecular weight excluding hydrogens is 456 g/mol. The van der Waals surface area contributed by atoms with Crippen LogP contribution in [0.3, 0.4) is 0 Å². The number of hydrogen-bond donors (Lipinski definition) is 2. The molecule has 0 radical (unpaired) electrons. The van der Waals surface area contributed by atoms with Gasteiger partial charge in [-0.15, -0.1) is 0 Å². The minimum atomic E-state index is -3.74. The van der Waals surface area contributed by atoms with Gasteiger partial charge in [-0.05, 0) is 37.1 Å². The van der Waals surface area contributed by atoms with Gasteiger partial charge in [-0.25, -0.2) is 13.2 Å². The first kappa shape index (κ1) is 23.8. The minimum absolute atomic E-state index is 0.0233. The molecule has 13 heteroatoms. The molecule has 0 aliphatic carbocycles. The van der Waals surface area contributed by atoms with E-state index in [9.17, 15) is 32.9 Å². The molecular formula is C20H20N4O8S. The smallest absolute Gasteiger partial charge is 0.338 e. The van der Waals surface area contributed by atoms with Gasteiger partial charge < -0.3 is 4.74 Å². The highest BCUT2D eigenvalue weighted by molar-refractivity contribution is 7.89. The minimum Gasteiger partial charge on any atom is -0.465 e. The van der Waals surface area contributed by atoms with Crippen molar-refractivity contribution in [2.24, 2.45) is 0 Å². The first-order valence-electron chi connectivity index (χ1n) is 9.72. The number of carbonyl (C=O) groups excluding carboxylic acids is 3. The molecule has 1 fully saturated rings. The van der Waals surface area contributed by atoms with Crippen LogP contribution < -0.4 is 10.9 Å². The summed E-state index contributed by atoms with van der Waals surface area (Å²) in [5.41, 5.74) is 3.18. The normalized spacial score (nSPS) is 13.8. The molecule has 0 unspecified atom stereocenters. The van der Waals surface area contributed by atoms with Crippen molar-refractivity contribution in [3.8, 4) is 0 Å². The molecule has 1 saturated heterocycles. The lowest BCUT2D eigenvalue weighted by molar-refractivity contribution is -0.384. The Balaban J connectivity index is 1.75. The molecule has 2 aromatic carbocycles. The van der Waals surface area contributed by atoms with Crippen molar-refractivity contribution >= 4 is 33.5 Å². The summed E-state index contributed by atoms with van der Waals surface area (Å²) in [4.78, 5) is 46.9. The van der Waals surface area contributed by atoms with E-state index in [1.165, 1.54) is 28.6 Å². The number of carbonyl (C=O) groups is 3. The Morgan fingerprint density at radius 3 is 2.18 bits per heavy atom. The van der Waals surface area contributed by atoms with Gasteiger partial charge in [0.1, 0.15) is 0 Å². The zero-order chi connectivity index (χ0) is 24.2. The molecule has 174 valence electrons. The molecule has 33 heavy (non-hydrogen) atoms. The van der Waals surface area contributed by atoms with Gasteiger partial charge in [-0.1, -0.05) is 6.07 Å². The standard InChI is InChI=1S/C20H20N4O8S/c1-32-20(27)15-9-14(10-16(11-15)24(28)29)19(26)22-21-18(25)13-5-4-6-17(12-13)33(30,31)23-7-2-3-8-23/h4-6,9-12H,2-3,7-8H2,1H3,(H,21,25)(H,22,26). The van der Waals surface area contributed by atoms with Gasteiger partial charge in [0.05, 0.1) is 22.5 Å². The Labute approximate surface area is 188 Å². The van der Waals surface area contributed by atoms with E-state index in [0.717, 1.165) is 38.2 Å². The fourth-order valence-electron chi connectivity index (χ4n) is 3.22. The van der Waals surface area contributed by atoms with Crippen molar-refractivity contribution < 1.29 is 32.5 Å². The van der Waals surface area contributed by atoms with Crippen LogP contribution in [0.25, 0.3) is 0 Å². The average molecular weight is 476 g/mol. The summed E-state index contributed by atoms with van der Waals surface area (Å²) < 4.78 is 31.2. The van der Waals surface area contributed by atoms with Crippen molar-refractivity contribution in [1.82, 2.24) is 15.2 Å². The highest BCUT2D eigenvalue weighted by atomic mass is 32.2. The summed E-state index contributed by atoms with van der Waals surface area (Å²) >= 11 is 0. The molecule has 1 aliphatic rings. The molecule has 1 heterocycles. The first-order valence-corrected chi connectivity index (χ1v) is 11.2. The monoisotopic (exact) mass is 476 g/mol. The van der Waals surface area contributed by atoms with Crippen LogP contribution in [-0.2, 0) is 14.8 Å². The number of hydrogen-bond acceptors (Lipinski definition) is 8. The van der Waals surface area contributed by atoms with Crippen molar-refractivity contribution in [1.29, 1.82) is 0 Å². The van der Waals surface area contributed by atoms with Crippen molar-refractivity contribution in [2.45, 2.75) is 17.7 Å². The van der Waals surface area contributed by atoms with Crippen molar-refractivity contribution in [2.75, 3.05) is 20.2 Å². The van der Waals surface area contributed by atoms with Gasteiger partial charge in [0.2, 0.25) is 10.0 Å². The van der Waals surface area contributed by atoms with Gasteiger partial charge in [0.15, 0.2) is 0 Å². The second kappa shape index (κ2) is 9.75. The Morgan fingerprint density at radius 1 is 0.970 bits per heavy atom. The summed E-state index contributed by atoms with van der Waals surface area (Å²) in [6.07, 6.45) is 1.53. The van der Waals surface area contributed by atoms with E-state index in [-0.39, 0.29) is 21.6 Å². The highest BCUT2D eigenvalue weighted by Crippen LogP contribution is 2.22. The molecule has 2 amide bonds. The third kappa shape index (κ3) is 5.32. The number of non-ortho nitro benzene ring substituents is 1. The lowest BCUT2D eigenvalue weighted by Crippen LogP contribution is -2.41. The summed E-state index contributed by atoms with van der Waals surface area (Å²) in [6, 6.07) is 8.29. The Bertz CT molecular complexity index is 1220. The van der Waals surface area contributed by atoms with Crippen LogP contribution in [0.15, 0.2) is 47.4 Å². The number of nitrogens with zero attached hydrogens (tertiary/aromatic N) is 2. The predicted molar refractivity (Wildman–Crippen MR) is 114 cm³/mol. The number of methoxy groups -OCH3 is 1. The molecule has 0 saturated carbocycles. The summed E-state index contributed by atoms with van der Waals surface area (Å²) in [5.74, 6) is -2.62. The highest BCUT2D eigenvalue weighted by Gasteiger charge is 2.27. The lowest BCUT2D eigenvalue weighted by atomic mass is 10.1. The van der Waals surface area contributed by atoms with Crippen LogP contribution in [0.4, 0.5) is 5.69 Å². The molecule has 0 bridgehead atoms. The van der Waals surface area contributed by atoms with Crippen LogP contribution >= 0.6 is 0 Å². The number of amides is 2. The Morgan fingerprint density at radius 2 is 1.58 bits per heavy atom. The second-order valence-electron chi connectivity index (χ2n) is 7.06. The fraction of sp³-hybridized carbons (Fsp3) is 0.250. The van der Waals surface area contributed by atoms with E-state index in [0.29, 0.717) is 13.1 Å². The molecule has 1 aliphatic heterocycles. The number of ether oxygens (including phenoxy) is 1. The van der Waals surface area contributed by atoms with Crippen molar-refractivity contribution in [3.05, 3.63) is 69.3 Å². The fourth-order valence-corrected chi connectivity index (χ4v) is 4.78. The van der Waals surface area contributed by atoms with Crippen LogP contribution in [0.1, 0.15) is 43.9 Å². The van der Waals surface area contributed by atoms with Crippen LogP contribution in [0.2, 0.25) is 0 Å². The van der Waals surface area contributed by atoms with E-state index < -0.39 is 38.4 Å². The third-order valence-corrected chi connectivity index (χ3v) is 6.80. The van der Waals surface area contributed by atoms with Crippen molar-refractivity contribution in [3.63, 3.8) is 0 Å². The first-order chi connectivity index (χ1) is 15.6. The zero-order valence-electron chi connectivity index (χ0n) is 17.4. The number of benzene rings is 2. The number of sulfonamides is 1. The predicted octanol–water partition coefficient (Wildman–Crippen LogP) is 1.24. The van der Waals surface area contributed by atoms with E-state index >= 15 is 0 Å². The van der Waals surface area contributed by atoms with E-state index in [2.05, 4.69) is 15.6 Å². The van der Waals surface area contributed by atoms with Crippen LogP contribution in [-0.4, -0.2) is 55.6 Å². The lowest BCUT2D eigenvalue weighted by Gasteiger charge is -2.16. The topological polar surface area (TPSA) is 165 Å². The van der Waals surface area contributed by atoms with E-state index in [1.807, 2.05) is 0 Å². The Hall–Kier alpha value is -3.84. The summed E-state index contributed by atoms with van der Waals surface area (Å²) in [5, 5.41) is 11.1. The van der Waals surface area contributed by atoms with Gasteiger partial charge in [0.25, 0.3) is 17.5 Å². The number of hydrazine groups is 1. The second-order valence-corrected chi connectivity index (χ2v) is 9.00. The maximum absolute atomic E-state index is 12.7. The third-order valence-electron chi connectivity index (χ3n) is 4.90. The number of nitro groups is 1. The summed E-state index contributed by atoms with van der Waals surface area (Å²) in [6.45, 7) is 0.817. The molecule has 12 nitrogen and oxygen atoms in total. The van der Waals surface area contributed by atoms with Gasteiger partial charge in [-0.2, -0.15) is 4.31 Å². The maximum Gasteiger partial charge on any atom is 0.338 e. The molecule has 0 aromatic heterocycles. The SMILES string of the molecule is COC(=O)c1cc(C(=O)NNC(=O)c2cccc(S(=O)(=O)N3CCCC3)c2)cc([N+](=O)[O-])c1. The number of nitro benzene ring substituents is 1. The molecule has 2 N–H and O–H groups in total. The number of esters is 1. The van der Waals surface area contributed by atoms with Gasteiger partial charge >= 0.3 is 5.97 Å². The number of rotatable bonds is 6. The van der Waals surface area contributed by atoms with Gasteiger partial charge in [-0.3, -0.25) is 30.6 Å². The van der Waals surface area contributed by atoms with Gasteiger partial charge in [0, 0.05) is 36.3 Å². The van der Waals surface area contributed by atoms with Crippen LogP contribution in [0, 0.1) is 10.1 Å². The molecule has 3 rings (SSSR count). The average Bonchev–Trinajstić information content (AvgIpc) is 3.37. The Kier molecular flexibility index (Phi) is 7.04. The largest absolute Gasteiger partial charge is 0.465 e. The molecule has 0 spiro atoms. The van der Waals surface area contributed by atoms with Crippen LogP contribution in [0.5, 0.6) is 0 Å².